The molecular formula is C63H41N7. The van der Waals surface area contributed by atoms with E-state index in [2.05, 4.69) is 137 Å². The molecule has 0 radical (unpaired) electrons. The second-order valence-corrected chi connectivity index (χ2v) is 16.9. The van der Waals surface area contributed by atoms with Crippen LogP contribution in [0.4, 0.5) is 0 Å². The molecule has 12 rings (SSSR count). The van der Waals surface area contributed by atoms with E-state index in [-0.39, 0.29) is 0 Å². The third kappa shape index (κ3) is 8.51. The van der Waals surface area contributed by atoms with E-state index < -0.39 is 0 Å². The molecule has 0 fully saturated rings. The Balaban J connectivity index is 1.09. The van der Waals surface area contributed by atoms with Crippen molar-refractivity contribution in [2.45, 2.75) is 0 Å². The van der Waals surface area contributed by atoms with Crippen LogP contribution in [-0.2, 0) is 0 Å². The van der Waals surface area contributed by atoms with Crippen molar-refractivity contribution in [3.63, 3.8) is 0 Å². The van der Waals surface area contributed by atoms with E-state index in [9.17, 15) is 0 Å². The predicted octanol–water partition coefficient (Wildman–Crippen LogP) is 15.3. The van der Waals surface area contributed by atoms with Gasteiger partial charge in [-0.3, -0.25) is 9.97 Å². The van der Waals surface area contributed by atoms with Gasteiger partial charge in [0, 0.05) is 45.8 Å². The minimum atomic E-state index is 0.590. The highest BCUT2D eigenvalue weighted by atomic mass is 14.9. The second kappa shape index (κ2) is 18.6. The Morgan fingerprint density at radius 1 is 0.200 bits per heavy atom. The Bertz CT molecular complexity index is 3480. The Kier molecular flexibility index (Phi) is 11.1. The Morgan fingerprint density at radius 3 is 0.886 bits per heavy atom. The van der Waals surface area contributed by atoms with Gasteiger partial charge in [0.05, 0.1) is 45.6 Å². The molecule has 0 saturated carbocycles. The van der Waals surface area contributed by atoms with E-state index in [1.54, 1.807) is 12.4 Å². The van der Waals surface area contributed by atoms with Gasteiger partial charge in [-0.1, -0.05) is 170 Å². The normalized spacial score (nSPS) is 11.1. The maximum Gasteiger partial charge on any atom is 0.160 e. The van der Waals surface area contributed by atoms with Crippen LogP contribution in [0.3, 0.4) is 0 Å². The quantitative estimate of drug-likeness (QED) is 0.135. The number of aromatic nitrogens is 7. The maximum atomic E-state index is 5.31. The zero-order valence-corrected chi connectivity index (χ0v) is 37.8. The average Bonchev–Trinajstić information content (AvgIpc) is 3.45. The van der Waals surface area contributed by atoms with Gasteiger partial charge in [0.15, 0.2) is 11.6 Å². The molecule has 0 bridgehead atoms. The minimum absolute atomic E-state index is 0.590. The third-order valence-corrected chi connectivity index (χ3v) is 12.4. The molecule has 0 unspecified atom stereocenters. The highest BCUT2D eigenvalue weighted by molar-refractivity contribution is 6.06. The fourth-order valence-corrected chi connectivity index (χ4v) is 9.00. The lowest BCUT2D eigenvalue weighted by Gasteiger charge is -2.16. The first-order valence-electron chi connectivity index (χ1n) is 23.2. The van der Waals surface area contributed by atoms with E-state index in [4.69, 9.17) is 24.9 Å². The molecule has 0 atom stereocenters. The van der Waals surface area contributed by atoms with Crippen LogP contribution in [0, 0.1) is 0 Å². The molecule has 328 valence electrons. The standard InChI is InChI=1S/C63H41N7/c1-5-19-42(20-6-1)56-40-57(43-21-7-2-8-22-43)68-62(67-56)48-35-46(36-49(37-48)63-69-58(44-23-9-3-10-24-44)41-59(70-63)45-25-11-4-12-26-45)50-31-32-51(53-28-14-13-27-52(50)53)47-38-60(54-29-15-17-33-64-54)66-61(39-47)55-30-16-18-34-65-55/h1-41H. The number of nitrogens with zero attached hydrogens (tertiary/aromatic N) is 7. The molecule has 0 aliphatic rings. The van der Waals surface area contributed by atoms with Gasteiger partial charge in [-0.15, -0.1) is 0 Å². The van der Waals surface area contributed by atoms with Crippen LogP contribution in [-0.4, -0.2) is 34.9 Å². The zero-order chi connectivity index (χ0) is 46.6. The number of benzene rings is 7. The van der Waals surface area contributed by atoms with Gasteiger partial charge in [-0.05, 0) is 99.8 Å². The van der Waals surface area contributed by atoms with Gasteiger partial charge in [-0.25, -0.2) is 24.9 Å². The first-order valence-corrected chi connectivity index (χ1v) is 23.2. The van der Waals surface area contributed by atoms with Gasteiger partial charge in [0.2, 0.25) is 0 Å². The molecule has 70 heavy (non-hydrogen) atoms. The SMILES string of the molecule is c1ccc(-c2cc(-c3ccccc3)nc(-c3cc(-c4nc(-c5ccccc5)cc(-c5ccccc5)n4)cc(-c4ccc(-c5cc(-c6ccccn6)nc(-c6ccccn6)c5)c5ccccc45)c3)n2)cc1. The zero-order valence-electron chi connectivity index (χ0n) is 37.8. The van der Waals surface area contributed by atoms with Crippen LogP contribution in [0.15, 0.2) is 249 Å². The predicted molar refractivity (Wildman–Crippen MR) is 283 cm³/mol. The molecule has 5 aromatic heterocycles. The molecule has 5 heterocycles. The largest absolute Gasteiger partial charge is 0.255 e. The van der Waals surface area contributed by atoms with E-state index >= 15 is 0 Å². The molecule has 7 aromatic carbocycles. The highest BCUT2D eigenvalue weighted by Crippen LogP contribution is 2.41. The van der Waals surface area contributed by atoms with Crippen molar-refractivity contribution in [3.05, 3.63) is 249 Å². The van der Waals surface area contributed by atoms with Crippen molar-refractivity contribution >= 4 is 10.8 Å². The summed E-state index contributed by atoms with van der Waals surface area (Å²) in [4.78, 5) is 35.7. The molecule has 0 spiro atoms. The first-order chi connectivity index (χ1) is 34.7. The minimum Gasteiger partial charge on any atom is -0.255 e. The fraction of sp³-hybridized carbons (Fsp3) is 0. The topological polar surface area (TPSA) is 90.2 Å². The number of fused-ring (bicyclic) bond motifs is 1. The summed E-state index contributed by atoms with van der Waals surface area (Å²) < 4.78 is 0. The van der Waals surface area contributed by atoms with Crippen LogP contribution in [0.25, 0.3) is 124 Å². The molecule has 0 aliphatic carbocycles. The number of pyridine rings is 3. The van der Waals surface area contributed by atoms with Crippen LogP contribution < -0.4 is 0 Å². The summed E-state index contributed by atoms with van der Waals surface area (Å²) >= 11 is 0. The second-order valence-electron chi connectivity index (χ2n) is 16.9. The number of hydrogen-bond acceptors (Lipinski definition) is 7. The summed E-state index contributed by atoms with van der Waals surface area (Å²) in [6.45, 7) is 0. The van der Waals surface area contributed by atoms with E-state index in [1.807, 2.05) is 109 Å². The van der Waals surface area contributed by atoms with E-state index in [0.717, 1.165) is 112 Å². The third-order valence-electron chi connectivity index (χ3n) is 12.4. The lowest BCUT2D eigenvalue weighted by molar-refractivity contribution is 1.17. The van der Waals surface area contributed by atoms with Gasteiger partial charge in [0.25, 0.3) is 0 Å². The summed E-state index contributed by atoms with van der Waals surface area (Å²) in [5.41, 5.74) is 16.2. The molecule has 12 aromatic rings. The summed E-state index contributed by atoms with van der Waals surface area (Å²) in [7, 11) is 0. The highest BCUT2D eigenvalue weighted by Gasteiger charge is 2.19. The van der Waals surface area contributed by atoms with Gasteiger partial charge < -0.3 is 0 Å². The molecule has 0 saturated heterocycles. The van der Waals surface area contributed by atoms with Crippen molar-refractivity contribution in [1.29, 1.82) is 0 Å². The lowest BCUT2D eigenvalue weighted by atomic mass is 9.90. The number of hydrogen-bond donors (Lipinski definition) is 0. The van der Waals surface area contributed by atoms with Gasteiger partial charge in [-0.2, -0.15) is 0 Å². The van der Waals surface area contributed by atoms with Crippen LogP contribution in [0.1, 0.15) is 0 Å². The van der Waals surface area contributed by atoms with Crippen molar-refractivity contribution in [1.82, 2.24) is 34.9 Å². The lowest BCUT2D eigenvalue weighted by Crippen LogP contribution is -1.99. The van der Waals surface area contributed by atoms with E-state index in [0.29, 0.717) is 11.6 Å². The monoisotopic (exact) mass is 895 g/mol. The number of rotatable bonds is 10. The van der Waals surface area contributed by atoms with Crippen LogP contribution in [0.5, 0.6) is 0 Å². The Hall–Kier alpha value is -9.59. The van der Waals surface area contributed by atoms with Crippen LogP contribution >= 0.6 is 0 Å². The van der Waals surface area contributed by atoms with Crippen LogP contribution in [0.2, 0.25) is 0 Å². The molecule has 0 N–H and O–H groups in total. The maximum absolute atomic E-state index is 5.31. The van der Waals surface area contributed by atoms with Crippen molar-refractivity contribution in [2.24, 2.45) is 0 Å². The smallest absolute Gasteiger partial charge is 0.160 e. The van der Waals surface area contributed by atoms with Crippen molar-refractivity contribution < 1.29 is 0 Å². The van der Waals surface area contributed by atoms with Gasteiger partial charge >= 0.3 is 0 Å². The summed E-state index contributed by atoms with van der Waals surface area (Å²) in [6.07, 6.45) is 3.60. The Labute approximate surface area is 405 Å². The molecule has 0 amide bonds. The Morgan fingerprint density at radius 2 is 0.529 bits per heavy atom. The fourth-order valence-electron chi connectivity index (χ4n) is 9.00. The molecule has 0 aliphatic heterocycles. The van der Waals surface area contributed by atoms with Crippen molar-refractivity contribution in [2.75, 3.05) is 0 Å². The van der Waals surface area contributed by atoms with Gasteiger partial charge in [0.1, 0.15) is 0 Å². The molecular weight excluding hydrogens is 855 g/mol. The average molecular weight is 896 g/mol. The molecule has 7 heteroatoms. The van der Waals surface area contributed by atoms with E-state index in [1.165, 1.54) is 0 Å². The summed E-state index contributed by atoms with van der Waals surface area (Å²) in [5.74, 6) is 1.18. The summed E-state index contributed by atoms with van der Waals surface area (Å²) in [5, 5.41) is 2.16. The summed E-state index contributed by atoms with van der Waals surface area (Å²) in [6, 6.07) is 80.9. The van der Waals surface area contributed by atoms with Crippen molar-refractivity contribution in [3.8, 4) is 113 Å². The molecule has 7 nitrogen and oxygen atoms in total. The first kappa shape index (κ1) is 41.8.